The second-order valence-corrected chi connectivity index (χ2v) is 6.25. The van der Waals surface area contributed by atoms with Crippen LogP contribution in [-0.4, -0.2) is 24.3 Å². The normalized spacial score (nSPS) is 24.7. The zero-order valence-corrected chi connectivity index (χ0v) is 13.1. The van der Waals surface area contributed by atoms with Crippen LogP contribution in [0.25, 0.3) is 0 Å². The first-order valence-corrected chi connectivity index (χ1v) is 7.92. The highest BCUT2D eigenvalue weighted by molar-refractivity contribution is 5.50. The highest BCUT2D eigenvalue weighted by Gasteiger charge is 2.34. The maximum absolute atomic E-state index is 10.7. The fourth-order valence-electron chi connectivity index (χ4n) is 2.99. The Balaban J connectivity index is 1.73. The molecule has 0 saturated carbocycles. The molecule has 1 aromatic carbocycles. The van der Waals surface area contributed by atoms with Gasteiger partial charge in [0.25, 0.3) is 0 Å². The Labute approximate surface area is 127 Å². The molecule has 116 valence electrons. The lowest BCUT2D eigenvalue weighted by molar-refractivity contribution is -0.299. The number of aryl methyl sites for hydroxylation is 1. The largest absolute Gasteiger partial charge is 0.347 e. The van der Waals surface area contributed by atoms with Gasteiger partial charge in [-0.15, -0.1) is 0 Å². The van der Waals surface area contributed by atoms with Gasteiger partial charge in [-0.1, -0.05) is 36.8 Å². The second kappa shape index (κ2) is 7.71. The number of carbonyl (C=O) groups is 1. The third-order valence-electron chi connectivity index (χ3n) is 3.87. The van der Waals surface area contributed by atoms with Crippen LogP contribution in [0.15, 0.2) is 30.3 Å². The SMILES string of the molecule is CC1(C)O[C@H](CCCCc2ccccc2)C[C@H](CC=O)O1. The molecular formula is C18H26O3. The minimum Gasteiger partial charge on any atom is -0.347 e. The summed E-state index contributed by atoms with van der Waals surface area (Å²) in [6.45, 7) is 3.86. The molecule has 0 N–H and O–H groups in total. The van der Waals surface area contributed by atoms with Crippen molar-refractivity contribution in [2.24, 2.45) is 0 Å². The van der Waals surface area contributed by atoms with Crippen LogP contribution in [0.1, 0.15) is 51.5 Å². The van der Waals surface area contributed by atoms with Crippen molar-refractivity contribution >= 4 is 6.29 Å². The molecule has 1 aliphatic heterocycles. The van der Waals surface area contributed by atoms with Crippen LogP contribution < -0.4 is 0 Å². The summed E-state index contributed by atoms with van der Waals surface area (Å²) in [5.74, 6) is -0.573. The number of benzene rings is 1. The van der Waals surface area contributed by atoms with Crippen molar-refractivity contribution in [2.45, 2.75) is 70.4 Å². The van der Waals surface area contributed by atoms with Gasteiger partial charge in [0.15, 0.2) is 5.79 Å². The van der Waals surface area contributed by atoms with Gasteiger partial charge >= 0.3 is 0 Å². The van der Waals surface area contributed by atoms with E-state index in [2.05, 4.69) is 30.3 Å². The van der Waals surface area contributed by atoms with Crippen molar-refractivity contribution < 1.29 is 14.3 Å². The molecular weight excluding hydrogens is 264 g/mol. The minimum absolute atomic E-state index is 0.00498. The van der Waals surface area contributed by atoms with Gasteiger partial charge in [0.2, 0.25) is 0 Å². The lowest BCUT2D eigenvalue weighted by atomic mass is 9.99. The number of hydrogen-bond donors (Lipinski definition) is 0. The molecule has 2 atom stereocenters. The maximum Gasteiger partial charge on any atom is 0.163 e. The molecule has 1 saturated heterocycles. The van der Waals surface area contributed by atoms with Gasteiger partial charge in [0.05, 0.1) is 12.2 Å². The topological polar surface area (TPSA) is 35.5 Å². The lowest BCUT2D eigenvalue weighted by Crippen LogP contribution is -2.44. The third kappa shape index (κ3) is 5.60. The first kappa shape index (κ1) is 16.2. The molecule has 0 spiro atoms. The van der Waals surface area contributed by atoms with Gasteiger partial charge in [-0.2, -0.15) is 0 Å². The van der Waals surface area contributed by atoms with E-state index in [0.717, 1.165) is 32.0 Å². The molecule has 0 amide bonds. The third-order valence-corrected chi connectivity index (χ3v) is 3.87. The highest BCUT2D eigenvalue weighted by Crippen LogP contribution is 2.30. The summed E-state index contributed by atoms with van der Waals surface area (Å²) < 4.78 is 11.7. The second-order valence-electron chi connectivity index (χ2n) is 6.25. The van der Waals surface area contributed by atoms with Crippen molar-refractivity contribution in [3.8, 4) is 0 Å². The summed E-state index contributed by atoms with van der Waals surface area (Å²) in [5.41, 5.74) is 1.39. The molecule has 1 aromatic rings. The highest BCUT2D eigenvalue weighted by atomic mass is 16.7. The van der Waals surface area contributed by atoms with E-state index in [1.165, 1.54) is 12.0 Å². The average Bonchev–Trinajstić information content (AvgIpc) is 2.43. The number of unbranched alkanes of at least 4 members (excludes halogenated alkanes) is 1. The van der Waals surface area contributed by atoms with E-state index in [4.69, 9.17) is 9.47 Å². The number of aldehydes is 1. The van der Waals surface area contributed by atoms with E-state index in [1.807, 2.05) is 13.8 Å². The molecule has 1 aliphatic rings. The van der Waals surface area contributed by atoms with E-state index >= 15 is 0 Å². The van der Waals surface area contributed by atoms with Crippen LogP contribution in [0.4, 0.5) is 0 Å². The number of carbonyl (C=O) groups excluding carboxylic acids is 1. The Bertz CT molecular complexity index is 427. The fraction of sp³-hybridized carbons (Fsp3) is 0.611. The number of rotatable bonds is 7. The van der Waals surface area contributed by atoms with Crippen molar-refractivity contribution in [3.05, 3.63) is 35.9 Å². The first-order valence-electron chi connectivity index (χ1n) is 7.92. The molecule has 2 rings (SSSR count). The number of hydrogen-bond acceptors (Lipinski definition) is 3. The zero-order valence-electron chi connectivity index (χ0n) is 13.1. The molecule has 1 fully saturated rings. The summed E-state index contributed by atoms with van der Waals surface area (Å²) in [6, 6.07) is 10.6. The van der Waals surface area contributed by atoms with Crippen molar-refractivity contribution in [1.82, 2.24) is 0 Å². The van der Waals surface area contributed by atoms with Gasteiger partial charge in [-0.05, 0) is 38.7 Å². The van der Waals surface area contributed by atoms with E-state index < -0.39 is 5.79 Å². The van der Waals surface area contributed by atoms with Crippen molar-refractivity contribution in [1.29, 1.82) is 0 Å². The van der Waals surface area contributed by atoms with E-state index in [-0.39, 0.29) is 12.2 Å². The fourth-order valence-corrected chi connectivity index (χ4v) is 2.99. The molecule has 3 heteroatoms. The summed E-state index contributed by atoms with van der Waals surface area (Å²) in [4.78, 5) is 10.7. The monoisotopic (exact) mass is 290 g/mol. The molecule has 0 aliphatic carbocycles. The Kier molecular flexibility index (Phi) is 5.95. The Morgan fingerprint density at radius 3 is 2.57 bits per heavy atom. The molecule has 0 bridgehead atoms. The Morgan fingerprint density at radius 1 is 1.14 bits per heavy atom. The Hall–Kier alpha value is -1.19. The van der Waals surface area contributed by atoms with Crippen molar-refractivity contribution in [2.75, 3.05) is 0 Å². The molecule has 3 nitrogen and oxygen atoms in total. The lowest BCUT2D eigenvalue weighted by Gasteiger charge is -2.40. The van der Waals surface area contributed by atoms with Gasteiger partial charge in [-0.3, -0.25) is 0 Å². The van der Waals surface area contributed by atoms with Crippen LogP contribution in [-0.2, 0) is 20.7 Å². The predicted molar refractivity (Wildman–Crippen MR) is 83.1 cm³/mol. The summed E-state index contributed by atoms with van der Waals surface area (Å²) in [7, 11) is 0. The standard InChI is InChI=1S/C18H26O3/c1-18(2)20-16(14-17(21-18)12-13-19)11-7-6-10-15-8-4-3-5-9-15/h3-5,8-9,13,16-17H,6-7,10-12,14H2,1-2H3/t16-,17+/m1/s1. The van der Waals surface area contributed by atoms with Crippen molar-refractivity contribution in [3.63, 3.8) is 0 Å². The van der Waals surface area contributed by atoms with Gasteiger partial charge < -0.3 is 14.3 Å². The Morgan fingerprint density at radius 2 is 1.86 bits per heavy atom. The van der Waals surface area contributed by atoms with Gasteiger partial charge in [0, 0.05) is 12.8 Å². The minimum atomic E-state index is -0.573. The van der Waals surface area contributed by atoms with E-state index in [1.54, 1.807) is 0 Å². The molecule has 0 aromatic heterocycles. The van der Waals surface area contributed by atoms with E-state index in [0.29, 0.717) is 6.42 Å². The van der Waals surface area contributed by atoms with Crippen LogP contribution in [0.5, 0.6) is 0 Å². The molecule has 1 heterocycles. The summed E-state index contributed by atoms with van der Waals surface area (Å²) in [6.07, 6.45) is 6.91. The zero-order chi connectivity index (χ0) is 15.1. The summed E-state index contributed by atoms with van der Waals surface area (Å²) in [5, 5.41) is 0. The van der Waals surface area contributed by atoms with Crippen LogP contribution >= 0.6 is 0 Å². The molecule has 0 radical (unpaired) electrons. The van der Waals surface area contributed by atoms with Gasteiger partial charge in [-0.25, -0.2) is 0 Å². The van der Waals surface area contributed by atoms with Crippen LogP contribution in [0.3, 0.4) is 0 Å². The van der Waals surface area contributed by atoms with E-state index in [9.17, 15) is 4.79 Å². The average molecular weight is 290 g/mol. The quantitative estimate of drug-likeness (QED) is 0.564. The maximum atomic E-state index is 10.7. The van der Waals surface area contributed by atoms with Crippen LogP contribution in [0, 0.1) is 0 Å². The number of ether oxygens (including phenoxy) is 2. The molecule has 21 heavy (non-hydrogen) atoms. The molecule has 0 unspecified atom stereocenters. The van der Waals surface area contributed by atoms with Crippen LogP contribution in [0.2, 0.25) is 0 Å². The summed E-state index contributed by atoms with van der Waals surface area (Å²) >= 11 is 0. The first-order chi connectivity index (χ1) is 10.1. The predicted octanol–water partition coefficient (Wildman–Crippen LogP) is 3.90. The van der Waals surface area contributed by atoms with Gasteiger partial charge in [0.1, 0.15) is 6.29 Å². The smallest absolute Gasteiger partial charge is 0.163 e.